The molecule has 1 aromatic carbocycles. The number of halogens is 1. The van der Waals surface area contributed by atoms with Crippen LogP contribution in [-0.4, -0.2) is 20.5 Å². The molecule has 4 nitrogen and oxygen atoms in total. The van der Waals surface area contributed by atoms with Crippen LogP contribution in [0, 0.1) is 6.92 Å². The lowest BCUT2D eigenvalue weighted by molar-refractivity contribution is 0.402. The Bertz CT molecular complexity index is 576. The number of hydrogen-bond donors (Lipinski definition) is 2. The second kappa shape index (κ2) is 7.40. The standard InChI is InChI=1S/C15H22N2O2S.ClH/c1-13-4-6-14(7-5-13)8-11-20(18,19)17-15(12-16)9-2-3-10-15;/h4-8,11,17H,2-3,9-10,12,16H2,1H3;1H/b11-8+;. The van der Waals surface area contributed by atoms with Crippen molar-refractivity contribution in [2.45, 2.75) is 38.1 Å². The zero-order valence-corrected chi connectivity index (χ0v) is 13.8. The van der Waals surface area contributed by atoms with E-state index in [-0.39, 0.29) is 12.4 Å². The Morgan fingerprint density at radius 1 is 1.24 bits per heavy atom. The first-order valence-electron chi connectivity index (χ1n) is 6.94. The largest absolute Gasteiger partial charge is 0.329 e. The van der Waals surface area contributed by atoms with Gasteiger partial charge in [0.15, 0.2) is 0 Å². The van der Waals surface area contributed by atoms with Crippen LogP contribution in [0.3, 0.4) is 0 Å². The zero-order valence-electron chi connectivity index (χ0n) is 12.2. The number of benzene rings is 1. The van der Waals surface area contributed by atoms with E-state index in [4.69, 9.17) is 5.73 Å². The SMILES string of the molecule is Cc1ccc(/C=C/S(=O)(=O)NC2(CN)CCCC2)cc1.Cl. The highest BCUT2D eigenvalue weighted by Crippen LogP contribution is 2.29. The molecular weight excluding hydrogens is 308 g/mol. The van der Waals surface area contributed by atoms with Crippen LogP contribution >= 0.6 is 12.4 Å². The second-order valence-corrected chi connectivity index (χ2v) is 7.12. The summed E-state index contributed by atoms with van der Waals surface area (Å²) in [4.78, 5) is 0. The number of rotatable bonds is 5. The Labute approximate surface area is 133 Å². The van der Waals surface area contributed by atoms with Gasteiger partial charge in [0.1, 0.15) is 0 Å². The van der Waals surface area contributed by atoms with Gasteiger partial charge in [-0.05, 0) is 31.4 Å². The van der Waals surface area contributed by atoms with Crippen molar-refractivity contribution in [3.05, 3.63) is 40.8 Å². The minimum atomic E-state index is -3.45. The molecule has 2 rings (SSSR count). The molecular formula is C15H23ClN2O2S. The van der Waals surface area contributed by atoms with Crippen LogP contribution in [0.1, 0.15) is 36.8 Å². The van der Waals surface area contributed by atoms with Crippen LogP contribution < -0.4 is 10.5 Å². The average molecular weight is 331 g/mol. The van der Waals surface area contributed by atoms with E-state index in [2.05, 4.69) is 4.72 Å². The van der Waals surface area contributed by atoms with Gasteiger partial charge in [0.2, 0.25) is 10.0 Å². The number of hydrogen-bond acceptors (Lipinski definition) is 3. The normalized spacial score (nSPS) is 17.8. The molecule has 118 valence electrons. The Balaban J connectivity index is 0.00000220. The van der Waals surface area contributed by atoms with E-state index >= 15 is 0 Å². The number of aryl methyl sites for hydroxylation is 1. The van der Waals surface area contributed by atoms with E-state index in [0.29, 0.717) is 6.54 Å². The highest BCUT2D eigenvalue weighted by molar-refractivity contribution is 7.92. The molecule has 1 aliphatic rings. The van der Waals surface area contributed by atoms with Gasteiger partial charge in [0.25, 0.3) is 0 Å². The minimum absolute atomic E-state index is 0. The van der Waals surface area contributed by atoms with Crippen molar-refractivity contribution >= 4 is 28.5 Å². The first kappa shape index (κ1) is 18.2. The van der Waals surface area contributed by atoms with Crippen molar-refractivity contribution in [3.8, 4) is 0 Å². The summed E-state index contributed by atoms with van der Waals surface area (Å²) in [5, 5.41) is 1.23. The predicted octanol–water partition coefficient (Wildman–Crippen LogP) is 2.58. The fourth-order valence-electron chi connectivity index (χ4n) is 2.58. The Morgan fingerprint density at radius 2 is 1.81 bits per heavy atom. The molecule has 0 aliphatic heterocycles. The smallest absolute Gasteiger partial charge is 0.234 e. The molecule has 3 N–H and O–H groups in total. The van der Waals surface area contributed by atoms with Crippen LogP contribution in [0.5, 0.6) is 0 Å². The van der Waals surface area contributed by atoms with Gasteiger partial charge < -0.3 is 5.73 Å². The maximum absolute atomic E-state index is 12.1. The molecule has 6 heteroatoms. The van der Waals surface area contributed by atoms with E-state index in [1.165, 1.54) is 5.41 Å². The molecule has 0 radical (unpaired) electrons. The molecule has 1 saturated carbocycles. The lowest BCUT2D eigenvalue weighted by Crippen LogP contribution is -2.50. The molecule has 21 heavy (non-hydrogen) atoms. The molecule has 0 heterocycles. The fraction of sp³-hybridized carbons (Fsp3) is 0.467. The van der Waals surface area contributed by atoms with Crippen molar-refractivity contribution in [3.63, 3.8) is 0 Å². The van der Waals surface area contributed by atoms with Gasteiger partial charge in [-0.25, -0.2) is 13.1 Å². The number of nitrogens with one attached hydrogen (secondary N) is 1. The summed E-state index contributed by atoms with van der Waals surface area (Å²) in [5.74, 6) is 0. The lowest BCUT2D eigenvalue weighted by atomic mass is 10.0. The molecule has 0 amide bonds. The van der Waals surface area contributed by atoms with Crippen molar-refractivity contribution < 1.29 is 8.42 Å². The molecule has 1 aromatic rings. The summed E-state index contributed by atoms with van der Waals surface area (Å²) in [6, 6.07) is 7.71. The second-order valence-electron chi connectivity index (χ2n) is 5.55. The van der Waals surface area contributed by atoms with E-state index in [9.17, 15) is 8.42 Å². The van der Waals surface area contributed by atoms with Crippen molar-refractivity contribution in [2.75, 3.05) is 6.54 Å². The quantitative estimate of drug-likeness (QED) is 0.871. The van der Waals surface area contributed by atoms with Crippen molar-refractivity contribution in [1.82, 2.24) is 4.72 Å². The van der Waals surface area contributed by atoms with Crippen LogP contribution in [-0.2, 0) is 10.0 Å². The molecule has 0 spiro atoms. The summed E-state index contributed by atoms with van der Waals surface area (Å²) in [7, 11) is -3.45. The van der Waals surface area contributed by atoms with Gasteiger partial charge in [-0.1, -0.05) is 42.7 Å². The van der Waals surface area contributed by atoms with E-state index < -0.39 is 15.6 Å². The summed E-state index contributed by atoms with van der Waals surface area (Å²) in [6.45, 7) is 2.35. The van der Waals surface area contributed by atoms with Gasteiger partial charge in [-0.3, -0.25) is 0 Å². The summed E-state index contributed by atoms with van der Waals surface area (Å²) in [6.07, 6.45) is 5.31. The first-order chi connectivity index (χ1) is 9.45. The third-order valence-electron chi connectivity index (χ3n) is 3.83. The van der Waals surface area contributed by atoms with Crippen LogP contribution in [0.15, 0.2) is 29.7 Å². The van der Waals surface area contributed by atoms with Gasteiger partial charge in [-0.2, -0.15) is 0 Å². The van der Waals surface area contributed by atoms with Gasteiger partial charge >= 0.3 is 0 Å². The van der Waals surface area contributed by atoms with Crippen LogP contribution in [0.25, 0.3) is 6.08 Å². The van der Waals surface area contributed by atoms with Gasteiger partial charge in [0.05, 0.1) is 0 Å². The molecule has 0 saturated heterocycles. The number of nitrogens with two attached hydrogens (primary N) is 1. The topological polar surface area (TPSA) is 72.2 Å². The highest BCUT2D eigenvalue weighted by atomic mass is 35.5. The van der Waals surface area contributed by atoms with Crippen LogP contribution in [0.4, 0.5) is 0 Å². The zero-order chi connectivity index (χ0) is 14.6. The molecule has 1 aliphatic carbocycles. The summed E-state index contributed by atoms with van der Waals surface area (Å²) in [5.41, 5.74) is 7.32. The number of sulfonamides is 1. The minimum Gasteiger partial charge on any atom is -0.329 e. The van der Waals surface area contributed by atoms with Crippen molar-refractivity contribution in [2.24, 2.45) is 5.73 Å². The van der Waals surface area contributed by atoms with Gasteiger partial charge in [0, 0.05) is 17.5 Å². The highest BCUT2D eigenvalue weighted by Gasteiger charge is 2.35. The fourth-order valence-corrected chi connectivity index (χ4v) is 3.88. The monoisotopic (exact) mass is 330 g/mol. The maximum atomic E-state index is 12.1. The summed E-state index contributed by atoms with van der Waals surface area (Å²) < 4.78 is 27.0. The van der Waals surface area contributed by atoms with E-state index in [1.54, 1.807) is 6.08 Å². The third kappa shape index (κ3) is 5.11. The van der Waals surface area contributed by atoms with Gasteiger partial charge in [-0.15, -0.1) is 12.4 Å². The predicted molar refractivity (Wildman–Crippen MR) is 89.8 cm³/mol. The molecule has 0 atom stereocenters. The Kier molecular flexibility index (Phi) is 6.41. The Morgan fingerprint density at radius 3 is 2.33 bits per heavy atom. The van der Waals surface area contributed by atoms with Crippen molar-refractivity contribution in [1.29, 1.82) is 0 Å². The molecule has 1 fully saturated rings. The Hall–Kier alpha value is -0.880. The molecule has 0 unspecified atom stereocenters. The lowest BCUT2D eigenvalue weighted by Gasteiger charge is -2.27. The molecule has 0 aromatic heterocycles. The van der Waals surface area contributed by atoms with E-state index in [1.807, 2.05) is 31.2 Å². The van der Waals surface area contributed by atoms with Crippen LogP contribution in [0.2, 0.25) is 0 Å². The molecule has 0 bridgehead atoms. The average Bonchev–Trinajstić information content (AvgIpc) is 2.87. The summed E-state index contributed by atoms with van der Waals surface area (Å²) >= 11 is 0. The van der Waals surface area contributed by atoms with E-state index in [0.717, 1.165) is 36.8 Å². The maximum Gasteiger partial charge on any atom is 0.234 e. The first-order valence-corrected chi connectivity index (χ1v) is 8.48. The third-order valence-corrected chi connectivity index (χ3v) is 5.04.